The molecular formula is C20H12F2N2O5. The molecule has 5 rings (SSSR count). The van der Waals surface area contributed by atoms with Crippen molar-refractivity contribution >= 4 is 0 Å². The van der Waals surface area contributed by atoms with E-state index in [2.05, 4.69) is 10.2 Å². The zero-order valence-corrected chi connectivity index (χ0v) is 14.7. The van der Waals surface area contributed by atoms with Gasteiger partial charge in [-0.25, -0.2) is 8.78 Å². The van der Waals surface area contributed by atoms with Crippen LogP contribution in [0, 0.1) is 11.6 Å². The van der Waals surface area contributed by atoms with Crippen molar-refractivity contribution in [2.45, 2.75) is 6.61 Å². The number of hydrogen-bond donors (Lipinski definition) is 0. The molecule has 0 saturated carbocycles. The lowest BCUT2D eigenvalue weighted by Gasteiger charge is -2.05. The Morgan fingerprint density at radius 1 is 0.862 bits per heavy atom. The minimum absolute atomic E-state index is 0.0499. The summed E-state index contributed by atoms with van der Waals surface area (Å²) >= 11 is 0. The highest BCUT2D eigenvalue weighted by Crippen LogP contribution is 2.36. The van der Waals surface area contributed by atoms with Crippen LogP contribution in [0.3, 0.4) is 0 Å². The Morgan fingerprint density at radius 2 is 1.72 bits per heavy atom. The second-order valence-corrected chi connectivity index (χ2v) is 6.11. The number of fused-ring (bicyclic) bond motifs is 1. The lowest BCUT2D eigenvalue weighted by molar-refractivity contribution is 0.174. The van der Waals surface area contributed by atoms with Crippen molar-refractivity contribution in [3.05, 3.63) is 65.9 Å². The molecule has 7 nitrogen and oxygen atoms in total. The molecule has 0 spiro atoms. The fraction of sp³-hybridized carbons (Fsp3) is 0.100. The van der Waals surface area contributed by atoms with E-state index in [1.807, 2.05) is 0 Å². The first-order valence-corrected chi connectivity index (χ1v) is 8.56. The quantitative estimate of drug-likeness (QED) is 0.487. The topological polar surface area (TPSA) is 79.8 Å². The summed E-state index contributed by atoms with van der Waals surface area (Å²) in [5.74, 6) is 0.931. The minimum Gasteiger partial charge on any atom is -0.483 e. The van der Waals surface area contributed by atoms with Gasteiger partial charge in [0.1, 0.15) is 18.2 Å². The molecule has 9 heteroatoms. The van der Waals surface area contributed by atoms with E-state index in [1.165, 1.54) is 6.07 Å². The highest BCUT2D eigenvalue weighted by atomic mass is 19.1. The Bertz CT molecular complexity index is 1190. The van der Waals surface area contributed by atoms with E-state index in [1.54, 1.807) is 30.3 Å². The second-order valence-electron chi connectivity index (χ2n) is 6.11. The van der Waals surface area contributed by atoms with Crippen LogP contribution in [0.5, 0.6) is 17.2 Å². The number of aromatic nitrogens is 2. The lowest BCUT2D eigenvalue weighted by atomic mass is 10.2. The molecule has 0 atom stereocenters. The number of hydrogen-bond acceptors (Lipinski definition) is 7. The maximum atomic E-state index is 13.6. The Morgan fingerprint density at radius 3 is 2.62 bits per heavy atom. The molecule has 0 N–H and O–H groups in total. The van der Waals surface area contributed by atoms with Gasteiger partial charge in [0.15, 0.2) is 28.8 Å². The zero-order valence-electron chi connectivity index (χ0n) is 14.7. The third kappa shape index (κ3) is 3.38. The smallest absolute Gasteiger partial charge is 0.283 e. The maximum absolute atomic E-state index is 13.6. The first kappa shape index (κ1) is 17.2. The fourth-order valence-electron chi connectivity index (χ4n) is 2.78. The fourth-order valence-corrected chi connectivity index (χ4v) is 2.78. The van der Waals surface area contributed by atoms with Crippen molar-refractivity contribution in [2.24, 2.45) is 0 Å². The summed E-state index contributed by atoms with van der Waals surface area (Å²) in [6, 6.07) is 11.6. The maximum Gasteiger partial charge on any atom is 0.283 e. The standard InChI is InChI=1S/C20H12F2N2O5/c21-12-2-5-15(14(22)8-12)25-9-13-3-6-17(28-13)20-24-23-19(29-20)11-1-4-16-18(7-11)27-10-26-16/h1-8H,9-10H2. The number of furan rings is 1. The Hall–Kier alpha value is -3.88. The van der Waals surface area contributed by atoms with Crippen LogP contribution < -0.4 is 14.2 Å². The van der Waals surface area contributed by atoms with E-state index in [0.717, 1.165) is 12.1 Å². The van der Waals surface area contributed by atoms with Crippen molar-refractivity contribution in [1.82, 2.24) is 10.2 Å². The number of halogens is 2. The van der Waals surface area contributed by atoms with Crippen molar-refractivity contribution < 1.29 is 31.8 Å². The molecule has 0 aliphatic carbocycles. The van der Waals surface area contributed by atoms with E-state index in [4.69, 9.17) is 23.0 Å². The average molecular weight is 398 g/mol. The SMILES string of the molecule is Fc1ccc(OCc2ccc(-c3nnc(-c4ccc5c(c4)OCO5)o3)o2)c(F)c1. The molecule has 1 aliphatic heterocycles. The summed E-state index contributed by atoms with van der Waals surface area (Å²) in [5.41, 5.74) is 0.676. The van der Waals surface area contributed by atoms with Gasteiger partial charge in [0.05, 0.1) is 0 Å². The Labute approximate surface area is 162 Å². The molecule has 0 bridgehead atoms. The van der Waals surface area contributed by atoms with Crippen molar-refractivity contribution in [3.8, 4) is 40.4 Å². The summed E-state index contributed by atoms with van der Waals surface area (Å²) in [6.07, 6.45) is 0. The van der Waals surface area contributed by atoms with Gasteiger partial charge in [-0.1, -0.05) is 0 Å². The van der Waals surface area contributed by atoms with E-state index in [9.17, 15) is 8.78 Å². The van der Waals surface area contributed by atoms with E-state index >= 15 is 0 Å². The van der Waals surface area contributed by atoms with E-state index in [-0.39, 0.29) is 25.0 Å². The predicted octanol–water partition coefficient (Wildman–Crippen LogP) is 4.58. The van der Waals surface area contributed by atoms with Crippen LogP contribution in [0.4, 0.5) is 8.78 Å². The van der Waals surface area contributed by atoms with E-state index < -0.39 is 11.6 Å². The molecule has 29 heavy (non-hydrogen) atoms. The van der Waals surface area contributed by atoms with Crippen LogP contribution in [0.15, 0.2) is 57.4 Å². The minimum atomic E-state index is -0.790. The van der Waals surface area contributed by atoms with Crippen LogP contribution in [0.1, 0.15) is 5.76 Å². The van der Waals surface area contributed by atoms with Gasteiger partial charge < -0.3 is 23.0 Å². The van der Waals surface area contributed by atoms with Gasteiger partial charge in [-0.05, 0) is 42.5 Å². The molecule has 4 aromatic rings. The zero-order chi connectivity index (χ0) is 19.8. The number of benzene rings is 2. The van der Waals surface area contributed by atoms with Gasteiger partial charge >= 0.3 is 0 Å². The molecule has 0 amide bonds. The molecule has 3 heterocycles. The van der Waals surface area contributed by atoms with Crippen LogP contribution in [-0.2, 0) is 6.61 Å². The number of rotatable bonds is 5. The van der Waals surface area contributed by atoms with Gasteiger partial charge in [0.2, 0.25) is 12.7 Å². The van der Waals surface area contributed by atoms with Crippen LogP contribution >= 0.6 is 0 Å². The van der Waals surface area contributed by atoms with Gasteiger partial charge in [-0.15, -0.1) is 10.2 Å². The number of ether oxygens (including phenoxy) is 3. The van der Waals surface area contributed by atoms with Crippen LogP contribution in [-0.4, -0.2) is 17.0 Å². The molecule has 0 fully saturated rings. The first-order chi connectivity index (χ1) is 14.2. The molecule has 0 radical (unpaired) electrons. The predicted molar refractivity (Wildman–Crippen MR) is 94.2 cm³/mol. The van der Waals surface area contributed by atoms with Gasteiger partial charge in [-0.3, -0.25) is 0 Å². The average Bonchev–Trinajstić information content (AvgIpc) is 3.46. The molecular weight excluding hydrogens is 386 g/mol. The van der Waals surface area contributed by atoms with Crippen molar-refractivity contribution in [2.75, 3.05) is 6.79 Å². The Kier molecular flexibility index (Phi) is 4.12. The lowest BCUT2D eigenvalue weighted by Crippen LogP contribution is -1.96. The van der Waals surface area contributed by atoms with Crippen molar-refractivity contribution in [1.29, 1.82) is 0 Å². The normalized spacial score (nSPS) is 12.3. The van der Waals surface area contributed by atoms with Gasteiger partial charge in [0, 0.05) is 11.6 Å². The molecule has 146 valence electrons. The first-order valence-electron chi connectivity index (χ1n) is 8.56. The van der Waals surface area contributed by atoms with E-state index in [0.29, 0.717) is 34.5 Å². The highest BCUT2D eigenvalue weighted by Gasteiger charge is 2.18. The summed E-state index contributed by atoms with van der Waals surface area (Å²) in [6.45, 7) is 0.124. The molecule has 0 unspecified atom stereocenters. The summed E-state index contributed by atoms with van der Waals surface area (Å²) in [5, 5.41) is 8.01. The monoisotopic (exact) mass is 398 g/mol. The Balaban J connectivity index is 1.31. The van der Waals surface area contributed by atoms with Gasteiger partial charge in [0.25, 0.3) is 5.89 Å². The number of nitrogens with zero attached hydrogens (tertiary/aromatic N) is 2. The molecule has 1 aliphatic rings. The summed E-state index contributed by atoms with van der Waals surface area (Å²) in [7, 11) is 0. The molecule has 2 aromatic heterocycles. The second kappa shape index (κ2) is 6.93. The molecule has 2 aromatic carbocycles. The van der Waals surface area contributed by atoms with Crippen LogP contribution in [0.25, 0.3) is 23.1 Å². The van der Waals surface area contributed by atoms with Gasteiger partial charge in [-0.2, -0.15) is 0 Å². The summed E-state index contributed by atoms with van der Waals surface area (Å²) < 4.78 is 53.8. The summed E-state index contributed by atoms with van der Waals surface area (Å²) in [4.78, 5) is 0. The third-order valence-corrected chi connectivity index (χ3v) is 4.18. The third-order valence-electron chi connectivity index (χ3n) is 4.18. The van der Waals surface area contributed by atoms with Crippen LogP contribution in [0.2, 0.25) is 0 Å². The largest absolute Gasteiger partial charge is 0.483 e. The van der Waals surface area contributed by atoms with Crippen molar-refractivity contribution in [3.63, 3.8) is 0 Å². The highest BCUT2D eigenvalue weighted by molar-refractivity contribution is 5.61. The molecule has 0 saturated heterocycles.